The predicted octanol–water partition coefficient (Wildman–Crippen LogP) is 10.5. The maximum atomic E-state index is 5.12. The Kier molecular flexibility index (Phi) is 5.81. The van der Waals surface area contributed by atoms with E-state index in [1.807, 2.05) is 16.6 Å². The fraction of sp³-hybridized carbons (Fsp3) is 0. The Hall–Kier alpha value is -6.59. The fourth-order valence-electron chi connectivity index (χ4n) is 7.08. The molecule has 0 unspecified atom stereocenters. The van der Waals surface area contributed by atoms with Gasteiger partial charge in [-0.05, 0) is 52.6 Å². The molecule has 224 valence electrons. The van der Waals surface area contributed by atoms with E-state index in [1.165, 1.54) is 16.3 Å². The van der Waals surface area contributed by atoms with E-state index in [2.05, 4.69) is 156 Å². The van der Waals surface area contributed by atoms with Gasteiger partial charge < -0.3 is 0 Å². The number of imidazole rings is 1. The standard InChI is InChI=1S/C43H27N5/c1-3-12-28(13-4-1)34-26-37(29-14-5-2-6-15-29)43-45-42(46-47(43)27-34)33-19-10-17-31(25-33)30-16-9-18-32(24-30)40-41-36-21-8-7-20-35(36)38-22-11-23-39(44-40)48(38)41/h1-27H. The summed E-state index contributed by atoms with van der Waals surface area (Å²) in [5, 5.41) is 7.49. The van der Waals surface area contributed by atoms with Crippen LogP contribution in [0.5, 0.6) is 0 Å². The van der Waals surface area contributed by atoms with Crippen molar-refractivity contribution in [2.24, 2.45) is 0 Å². The molecule has 10 aromatic rings. The maximum Gasteiger partial charge on any atom is 0.182 e. The lowest BCUT2D eigenvalue weighted by Crippen LogP contribution is -1.93. The largest absolute Gasteiger partial charge is 0.292 e. The monoisotopic (exact) mass is 613 g/mol. The molecular weight excluding hydrogens is 587 g/mol. The number of rotatable bonds is 5. The van der Waals surface area contributed by atoms with Crippen LogP contribution >= 0.6 is 0 Å². The van der Waals surface area contributed by atoms with Crippen LogP contribution in [0, 0.1) is 0 Å². The smallest absolute Gasteiger partial charge is 0.182 e. The molecule has 5 aromatic carbocycles. The third-order valence-electron chi connectivity index (χ3n) is 9.32. The lowest BCUT2D eigenvalue weighted by molar-refractivity contribution is 0.968. The maximum absolute atomic E-state index is 5.12. The molecule has 0 saturated carbocycles. The second kappa shape index (κ2) is 10.5. The van der Waals surface area contributed by atoms with Crippen molar-refractivity contribution in [3.63, 3.8) is 0 Å². The van der Waals surface area contributed by atoms with Crippen LogP contribution in [0.15, 0.2) is 164 Å². The van der Waals surface area contributed by atoms with Gasteiger partial charge in [-0.15, -0.1) is 5.10 Å². The van der Waals surface area contributed by atoms with E-state index in [0.717, 1.165) is 67.0 Å². The van der Waals surface area contributed by atoms with E-state index >= 15 is 0 Å². The Labute approximate surface area is 276 Å². The van der Waals surface area contributed by atoms with Crippen molar-refractivity contribution in [3.8, 4) is 56.0 Å². The van der Waals surface area contributed by atoms with Crippen LogP contribution in [0.4, 0.5) is 0 Å². The Bertz CT molecular complexity index is 2780. The highest BCUT2D eigenvalue weighted by molar-refractivity contribution is 6.13. The molecule has 0 bridgehead atoms. The molecule has 0 radical (unpaired) electrons. The van der Waals surface area contributed by atoms with Gasteiger partial charge in [-0.1, -0.05) is 127 Å². The second-order valence-electron chi connectivity index (χ2n) is 12.2. The Morgan fingerprint density at radius 1 is 0.438 bits per heavy atom. The lowest BCUT2D eigenvalue weighted by atomic mass is 9.99. The van der Waals surface area contributed by atoms with E-state index in [1.54, 1.807) is 0 Å². The SMILES string of the molecule is c1ccc(-c2cc(-c3ccccc3)c3nc(-c4cccc(-c5cccc(-c6nc7cccc8c9ccccc9c6n78)c5)c4)nn3c2)cc1. The minimum Gasteiger partial charge on any atom is -0.292 e. The Balaban J connectivity index is 1.09. The van der Waals surface area contributed by atoms with Crippen molar-refractivity contribution in [1.29, 1.82) is 0 Å². The molecule has 0 aliphatic heterocycles. The number of pyridine rings is 2. The zero-order valence-electron chi connectivity index (χ0n) is 25.8. The first-order valence-corrected chi connectivity index (χ1v) is 16.1. The third-order valence-corrected chi connectivity index (χ3v) is 9.32. The number of fused-ring (bicyclic) bond motifs is 4. The lowest BCUT2D eigenvalue weighted by Gasteiger charge is -2.08. The molecule has 5 nitrogen and oxygen atoms in total. The van der Waals surface area contributed by atoms with Gasteiger partial charge >= 0.3 is 0 Å². The molecule has 0 saturated heterocycles. The van der Waals surface area contributed by atoms with Crippen LogP contribution in [0.3, 0.4) is 0 Å². The van der Waals surface area contributed by atoms with Gasteiger partial charge in [0.1, 0.15) is 5.65 Å². The summed E-state index contributed by atoms with van der Waals surface area (Å²) >= 11 is 0. The normalized spacial score (nSPS) is 11.8. The molecular formula is C43H27N5. The van der Waals surface area contributed by atoms with Gasteiger partial charge in [0.25, 0.3) is 0 Å². The van der Waals surface area contributed by atoms with Gasteiger partial charge in [-0.3, -0.25) is 4.40 Å². The molecule has 5 heterocycles. The van der Waals surface area contributed by atoms with Crippen LogP contribution in [0.2, 0.25) is 0 Å². The first-order chi connectivity index (χ1) is 23.8. The summed E-state index contributed by atoms with van der Waals surface area (Å²) < 4.78 is 4.21. The fourth-order valence-corrected chi connectivity index (χ4v) is 7.08. The van der Waals surface area contributed by atoms with Gasteiger partial charge in [-0.2, -0.15) is 0 Å². The van der Waals surface area contributed by atoms with Gasteiger partial charge in [0.15, 0.2) is 11.5 Å². The van der Waals surface area contributed by atoms with Crippen LogP contribution in [0.25, 0.3) is 89.1 Å². The average Bonchev–Trinajstić information content (AvgIpc) is 3.87. The molecule has 0 amide bonds. The highest BCUT2D eigenvalue weighted by Gasteiger charge is 2.19. The van der Waals surface area contributed by atoms with Crippen LogP contribution in [-0.2, 0) is 0 Å². The van der Waals surface area contributed by atoms with Crippen LogP contribution in [0.1, 0.15) is 0 Å². The quantitative estimate of drug-likeness (QED) is 0.194. The molecule has 5 aromatic heterocycles. The zero-order chi connectivity index (χ0) is 31.6. The summed E-state index contributed by atoms with van der Waals surface area (Å²) in [6, 6.07) is 55.2. The van der Waals surface area contributed by atoms with Gasteiger partial charge in [0, 0.05) is 39.2 Å². The van der Waals surface area contributed by atoms with Crippen molar-refractivity contribution in [3.05, 3.63) is 164 Å². The minimum atomic E-state index is 0.688. The van der Waals surface area contributed by atoms with E-state index < -0.39 is 0 Å². The molecule has 10 rings (SSSR count). The van der Waals surface area contributed by atoms with Crippen LogP contribution < -0.4 is 0 Å². The van der Waals surface area contributed by atoms with Gasteiger partial charge in [0.05, 0.1) is 16.7 Å². The molecule has 0 atom stereocenters. The summed E-state index contributed by atoms with van der Waals surface area (Å²) in [4.78, 5) is 10.2. The number of benzene rings is 5. The van der Waals surface area contributed by atoms with Crippen molar-refractivity contribution < 1.29 is 0 Å². The summed E-state index contributed by atoms with van der Waals surface area (Å²) in [6.07, 6.45) is 2.07. The van der Waals surface area contributed by atoms with E-state index in [-0.39, 0.29) is 0 Å². The summed E-state index contributed by atoms with van der Waals surface area (Å²) in [5.41, 5.74) is 13.8. The molecule has 0 fully saturated rings. The number of nitrogens with zero attached hydrogens (tertiary/aromatic N) is 5. The van der Waals surface area contributed by atoms with E-state index in [4.69, 9.17) is 15.1 Å². The molecule has 48 heavy (non-hydrogen) atoms. The van der Waals surface area contributed by atoms with Gasteiger partial charge in [0.2, 0.25) is 0 Å². The first-order valence-electron chi connectivity index (χ1n) is 16.1. The van der Waals surface area contributed by atoms with E-state index in [0.29, 0.717) is 5.82 Å². The summed E-state index contributed by atoms with van der Waals surface area (Å²) in [7, 11) is 0. The summed E-state index contributed by atoms with van der Waals surface area (Å²) in [6.45, 7) is 0. The highest BCUT2D eigenvalue weighted by atomic mass is 15.3. The first kappa shape index (κ1) is 26.6. The minimum absolute atomic E-state index is 0.688. The topological polar surface area (TPSA) is 47.5 Å². The van der Waals surface area contributed by atoms with E-state index in [9.17, 15) is 0 Å². The molecule has 0 aliphatic carbocycles. The Morgan fingerprint density at radius 2 is 1.06 bits per heavy atom. The molecule has 5 heteroatoms. The molecule has 0 spiro atoms. The van der Waals surface area contributed by atoms with Crippen molar-refractivity contribution in [2.45, 2.75) is 0 Å². The van der Waals surface area contributed by atoms with Crippen LogP contribution in [-0.4, -0.2) is 24.0 Å². The number of hydrogen-bond acceptors (Lipinski definition) is 3. The van der Waals surface area contributed by atoms with Gasteiger partial charge in [-0.25, -0.2) is 14.5 Å². The van der Waals surface area contributed by atoms with Crippen molar-refractivity contribution >= 4 is 33.1 Å². The average molecular weight is 614 g/mol. The Morgan fingerprint density at radius 3 is 1.85 bits per heavy atom. The zero-order valence-corrected chi connectivity index (χ0v) is 25.8. The highest BCUT2D eigenvalue weighted by Crippen LogP contribution is 2.38. The number of aromatic nitrogens is 5. The number of hydrogen-bond donors (Lipinski definition) is 0. The molecule has 0 N–H and O–H groups in total. The predicted molar refractivity (Wildman–Crippen MR) is 195 cm³/mol. The molecule has 0 aliphatic rings. The summed E-state index contributed by atoms with van der Waals surface area (Å²) in [5.74, 6) is 0.688. The van der Waals surface area contributed by atoms with Crippen molar-refractivity contribution in [2.75, 3.05) is 0 Å². The van der Waals surface area contributed by atoms with Crippen molar-refractivity contribution in [1.82, 2.24) is 24.0 Å². The second-order valence-corrected chi connectivity index (χ2v) is 12.2. The third kappa shape index (κ3) is 4.15.